The van der Waals surface area contributed by atoms with E-state index < -0.39 is 11.8 Å². The molecule has 0 bridgehead atoms. The summed E-state index contributed by atoms with van der Waals surface area (Å²) in [6, 6.07) is 4.20. The quantitative estimate of drug-likeness (QED) is 0.582. The van der Waals surface area contributed by atoms with Crippen molar-refractivity contribution in [2.75, 3.05) is 6.61 Å². The molecule has 4 heteroatoms. The van der Waals surface area contributed by atoms with E-state index >= 15 is 0 Å². The number of benzene rings is 1. The summed E-state index contributed by atoms with van der Waals surface area (Å²) in [6.07, 6.45) is 9.49. The fourth-order valence-corrected chi connectivity index (χ4v) is 2.21. The van der Waals surface area contributed by atoms with Crippen LogP contribution in [0.15, 0.2) is 18.2 Å². The van der Waals surface area contributed by atoms with Crippen LogP contribution in [0.4, 0.5) is 4.39 Å². The first kappa shape index (κ1) is 17.5. The van der Waals surface area contributed by atoms with Crippen LogP contribution in [0, 0.1) is 5.82 Å². The van der Waals surface area contributed by atoms with E-state index in [1.165, 1.54) is 56.7 Å². The van der Waals surface area contributed by atoms with Gasteiger partial charge < -0.3 is 9.84 Å². The SMILES string of the molecule is CCCCCCCCCCOc1cccc(C(=O)O)c1F. The largest absolute Gasteiger partial charge is 0.490 e. The van der Waals surface area contributed by atoms with Crippen molar-refractivity contribution < 1.29 is 19.0 Å². The molecule has 0 amide bonds. The number of carboxylic acid groups (broad SMARTS) is 1. The third-order valence-corrected chi connectivity index (χ3v) is 3.45. The number of aromatic carboxylic acids is 1. The molecule has 0 saturated carbocycles. The second-order valence-electron chi connectivity index (χ2n) is 5.25. The lowest BCUT2D eigenvalue weighted by Crippen LogP contribution is -2.05. The maximum atomic E-state index is 13.8. The van der Waals surface area contributed by atoms with E-state index in [4.69, 9.17) is 9.84 Å². The highest BCUT2D eigenvalue weighted by Crippen LogP contribution is 2.21. The molecule has 0 aliphatic carbocycles. The fraction of sp³-hybridized carbons (Fsp3) is 0.588. The minimum Gasteiger partial charge on any atom is -0.490 e. The Bertz CT molecular complexity index is 432. The zero-order valence-corrected chi connectivity index (χ0v) is 12.7. The topological polar surface area (TPSA) is 46.5 Å². The van der Waals surface area contributed by atoms with Crippen LogP contribution in [-0.2, 0) is 0 Å². The summed E-state index contributed by atoms with van der Waals surface area (Å²) in [4.78, 5) is 10.8. The summed E-state index contributed by atoms with van der Waals surface area (Å²) < 4.78 is 19.1. The molecule has 1 N–H and O–H groups in total. The lowest BCUT2D eigenvalue weighted by molar-refractivity contribution is 0.0690. The number of halogens is 1. The Morgan fingerprint density at radius 2 is 1.71 bits per heavy atom. The van der Waals surface area contributed by atoms with E-state index in [0.717, 1.165) is 12.8 Å². The van der Waals surface area contributed by atoms with Gasteiger partial charge in [0.2, 0.25) is 0 Å². The average molecular weight is 296 g/mol. The second kappa shape index (κ2) is 10.2. The molecule has 0 heterocycles. The Hall–Kier alpha value is -1.58. The fourth-order valence-electron chi connectivity index (χ4n) is 2.21. The molecule has 118 valence electrons. The van der Waals surface area contributed by atoms with Gasteiger partial charge in [0, 0.05) is 0 Å². The monoisotopic (exact) mass is 296 g/mol. The smallest absolute Gasteiger partial charge is 0.338 e. The molecule has 0 aromatic heterocycles. The van der Waals surface area contributed by atoms with Gasteiger partial charge in [-0.25, -0.2) is 9.18 Å². The molecular formula is C17H25FO3. The molecule has 0 fully saturated rings. The van der Waals surface area contributed by atoms with Crippen molar-refractivity contribution in [2.24, 2.45) is 0 Å². The van der Waals surface area contributed by atoms with E-state index in [-0.39, 0.29) is 11.3 Å². The zero-order chi connectivity index (χ0) is 15.5. The zero-order valence-electron chi connectivity index (χ0n) is 12.7. The Kier molecular flexibility index (Phi) is 8.48. The summed E-state index contributed by atoms with van der Waals surface area (Å²) in [5.41, 5.74) is -0.344. The lowest BCUT2D eigenvalue weighted by Gasteiger charge is -2.08. The summed E-state index contributed by atoms with van der Waals surface area (Å²) in [5, 5.41) is 8.82. The third kappa shape index (κ3) is 6.61. The Balaban J connectivity index is 2.19. The maximum absolute atomic E-state index is 13.8. The summed E-state index contributed by atoms with van der Waals surface area (Å²) in [6.45, 7) is 2.63. The van der Waals surface area contributed by atoms with Gasteiger partial charge in [-0.15, -0.1) is 0 Å². The van der Waals surface area contributed by atoms with Crippen LogP contribution in [0.3, 0.4) is 0 Å². The first-order chi connectivity index (χ1) is 10.2. The van der Waals surface area contributed by atoms with Crippen LogP contribution >= 0.6 is 0 Å². The minimum atomic E-state index is -1.27. The molecule has 0 spiro atoms. The molecule has 0 unspecified atom stereocenters. The Morgan fingerprint density at radius 3 is 2.33 bits per heavy atom. The van der Waals surface area contributed by atoms with Crippen LogP contribution in [0.1, 0.15) is 68.6 Å². The molecule has 21 heavy (non-hydrogen) atoms. The second-order valence-corrected chi connectivity index (χ2v) is 5.25. The van der Waals surface area contributed by atoms with E-state index in [1.54, 1.807) is 0 Å². The van der Waals surface area contributed by atoms with Crippen molar-refractivity contribution in [1.29, 1.82) is 0 Å². The average Bonchev–Trinajstić information content (AvgIpc) is 2.46. The Labute approximate surface area is 126 Å². The Morgan fingerprint density at radius 1 is 1.10 bits per heavy atom. The van der Waals surface area contributed by atoms with Crippen LogP contribution in [0.25, 0.3) is 0 Å². The van der Waals surface area contributed by atoms with Gasteiger partial charge >= 0.3 is 5.97 Å². The van der Waals surface area contributed by atoms with Gasteiger partial charge in [-0.05, 0) is 18.6 Å². The highest BCUT2D eigenvalue weighted by Gasteiger charge is 2.14. The highest BCUT2D eigenvalue weighted by atomic mass is 19.1. The van der Waals surface area contributed by atoms with Crippen molar-refractivity contribution in [3.63, 3.8) is 0 Å². The van der Waals surface area contributed by atoms with Crippen LogP contribution < -0.4 is 4.74 Å². The minimum absolute atomic E-state index is 0.0258. The number of carboxylic acids is 1. The first-order valence-corrected chi connectivity index (χ1v) is 7.81. The predicted octanol–water partition coefficient (Wildman–Crippen LogP) is 5.04. The number of unbranched alkanes of at least 4 members (excludes halogenated alkanes) is 7. The van der Waals surface area contributed by atoms with Gasteiger partial charge in [-0.1, -0.05) is 57.9 Å². The van der Waals surface area contributed by atoms with Crippen LogP contribution in [-0.4, -0.2) is 17.7 Å². The van der Waals surface area contributed by atoms with Gasteiger partial charge in [-0.2, -0.15) is 0 Å². The van der Waals surface area contributed by atoms with Crippen molar-refractivity contribution in [3.05, 3.63) is 29.6 Å². The molecule has 0 saturated heterocycles. The van der Waals surface area contributed by atoms with Crippen LogP contribution in [0.2, 0.25) is 0 Å². The van der Waals surface area contributed by atoms with Gasteiger partial charge in [0.1, 0.15) is 0 Å². The van der Waals surface area contributed by atoms with Gasteiger partial charge in [0.15, 0.2) is 11.6 Å². The number of hydrogen-bond donors (Lipinski definition) is 1. The summed E-state index contributed by atoms with van der Waals surface area (Å²) in [5.74, 6) is -2.03. The highest BCUT2D eigenvalue weighted by molar-refractivity contribution is 5.88. The molecule has 3 nitrogen and oxygen atoms in total. The predicted molar refractivity (Wildman–Crippen MR) is 81.5 cm³/mol. The van der Waals surface area contributed by atoms with E-state index in [1.807, 2.05) is 0 Å². The van der Waals surface area contributed by atoms with Crippen molar-refractivity contribution in [3.8, 4) is 5.75 Å². The molecule has 1 rings (SSSR count). The van der Waals surface area contributed by atoms with Gasteiger partial charge in [-0.3, -0.25) is 0 Å². The summed E-state index contributed by atoms with van der Waals surface area (Å²) >= 11 is 0. The van der Waals surface area contributed by atoms with Crippen molar-refractivity contribution in [2.45, 2.75) is 58.3 Å². The summed E-state index contributed by atoms with van der Waals surface area (Å²) in [7, 11) is 0. The van der Waals surface area contributed by atoms with Crippen molar-refractivity contribution >= 4 is 5.97 Å². The molecule has 0 radical (unpaired) electrons. The van der Waals surface area contributed by atoms with Crippen molar-refractivity contribution in [1.82, 2.24) is 0 Å². The van der Waals surface area contributed by atoms with E-state index in [9.17, 15) is 9.18 Å². The maximum Gasteiger partial charge on any atom is 0.338 e. The van der Waals surface area contributed by atoms with Gasteiger partial charge in [0.25, 0.3) is 0 Å². The number of carbonyl (C=O) groups is 1. The van der Waals surface area contributed by atoms with E-state index in [2.05, 4.69) is 6.92 Å². The standard InChI is InChI=1S/C17H25FO3/c1-2-3-4-5-6-7-8-9-13-21-15-12-10-11-14(16(15)18)17(19)20/h10-12H,2-9,13H2,1H3,(H,19,20). The molecule has 1 aromatic rings. The normalized spacial score (nSPS) is 10.6. The molecule has 0 aliphatic rings. The third-order valence-electron chi connectivity index (χ3n) is 3.45. The van der Waals surface area contributed by atoms with Gasteiger partial charge in [0.05, 0.1) is 12.2 Å². The first-order valence-electron chi connectivity index (χ1n) is 7.81. The molecule has 0 aliphatic heterocycles. The van der Waals surface area contributed by atoms with E-state index in [0.29, 0.717) is 6.61 Å². The number of rotatable bonds is 11. The number of ether oxygens (including phenoxy) is 1. The molecular weight excluding hydrogens is 271 g/mol. The molecule has 0 atom stereocenters. The number of hydrogen-bond acceptors (Lipinski definition) is 2. The van der Waals surface area contributed by atoms with Crippen LogP contribution in [0.5, 0.6) is 5.75 Å². The molecule has 1 aromatic carbocycles. The lowest BCUT2D eigenvalue weighted by atomic mass is 10.1.